The topological polar surface area (TPSA) is 49.4 Å². The lowest BCUT2D eigenvalue weighted by Gasteiger charge is -2.22. The molecule has 2 amide bonds. The molecule has 4 nitrogen and oxygen atoms in total. The van der Waals surface area contributed by atoms with Crippen molar-refractivity contribution in [3.8, 4) is 0 Å². The zero-order valence-corrected chi connectivity index (χ0v) is 15.9. The van der Waals surface area contributed by atoms with E-state index in [4.69, 9.17) is 0 Å². The third-order valence-electron chi connectivity index (χ3n) is 3.95. The first-order valence-corrected chi connectivity index (χ1v) is 8.48. The second-order valence-electron chi connectivity index (χ2n) is 5.88. The van der Waals surface area contributed by atoms with Gasteiger partial charge in [-0.1, -0.05) is 22.0 Å². The summed E-state index contributed by atoms with van der Waals surface area (Å²) in [6, 6.07) is 11.4. The van der Waals surface area contributed by atoms with E-state index in [1.807, 2.05) is 57.2 Å². The van der Waals surface area contributed by atoms with E-state index in [-0.39, 0.29) is 18.4 Å². The molecule has 5 heteroatoms. The van der Waals surface area contributed by atoms with Gasteiger partial charge in [0, 0.05) is 22.8 Å². The maximum Gasteiger partial charge on any atom is 0.244 e. The number of amides is 2. The fraction of sp³-hybridized carbons (Fsp3) is 0.263. The largest absolute Gasteiger partial charge is 0.324 e. The van der Waals surface area contributed by atoms with Crippen molar-refractivity contribution < 1.29 is 9.59 Å². The van der Waals surface area contributed by atoms with Gasteiger partial charge in [-0.15, -0.1) is 0 Å². The van der Waals surface area contributed by atoms with Gasteiger partial charge in [-0.25, -0.2) is 0 Å². The van der Waals surface area contributed by atoms with Crippen molar-refractivity contribution in [3.05, 3.63) is 57.6 Å². The number of rotatable bonds is 4. The number of carbonyl (C=O) groups excluding carboxylic acids is 2. The molecule has 0 atom stereocenters. The molecule has 0 aliphatic rings. The predicted octanol–water partition coefficient (Wildman–Crippen LogP) is 4.37. The lowest BCUT2D eigenvalue weighted by molar-refractivity contribution is -0.120. The Morgan fingerprint density at radius 2 is 1.71 bits per heavy atom. The van der Waals surface area contributed by atoms with Crippen molar-refractivity contribution in [1.29, 1.82) is 0 Å². The molecule has 24 heavy (non-hydrogen) atoms. The van der Waals surface area contributed by atoms with Crippen LogP contribution in [0.25, 0.3) is 0 Å². The molecule has 0 unspecified atom stereocenters. The summed E-state index contributed by atoms with van der Waals surface area (Å²) in [5.41, 5.74) is 4.67. The second kappa shape index (κ2) is 7.62. The molecule has 0 saturated heterocycles. The van der Waals surface area contributed by atoms with E-state index in [0.29, 0.717) is 0 Å². The molecule has 0 aromatic heterocycles. The summed E-state index contributed by atoms with van der Waals surface area (Å²) < 4.78 is 0.957. The van der Waals surface area contributed by atoms with Crippen LogP contribution in [0.2, 0.25) is 0 Å². The molecule has 0 fully saturated rings. The molecule has 0 heterocycles. The Hall–Kier alpha value is -2.14. The molecule has 0 saturated carbocycles. The first-order valence-electron chi connectivity index (χ1n) is 7.69. The van der Waals surface area contributed by atoms with E-state index in [9.17, 15) is 9.59 Å². The zero-order valence-electron chi connectivity index (χ0n) is 14.3. The number of nitrogens with zero attached hydrogens (tertiary/aromatic N) is 1. The standard InChI is InChI=1S/C19H21BrN2O2/c1-12-5-7-17(10-13(12)2)22(15(4)23)11-19(24)21-18-8-6-16(20)9-14(18)3/h5-10H,11H2,1-4H3,(H,21,24). The second-order valence-corrected chi connectivity index (χ2v) is 6.80. The number of nitrogens with one attached hydrogen (secondary N) is 1. The molecule has 0 aliphatic carbocycles. The fourth-order valence-electron chi connectivity index (χ4n) is 2.38. The van der Waals surface area contributed by atoms with Crippen molar-refractivity contribution in [3.63, 3.8) is 0 Å². The van der Waals surface area contributed by atoms with Gasteiger partial charge in [0.1, 0.15) is 6.54 Å². The van der Waals surface area contributed by atoms with Gasteiger partial charge in [-0.2, -0.15) is 0 Å². The van der Waals surface area contributed by atoms with E-state index >= 15 is 0 Å². The summed E-state index contributed by atoms with van der Waals surface area (Å²) in [6.45, 7) is 7.37. The van der Waals surface area contributed by atoms with Crippen molar-refractivity contribution in [1.82, 2.24) is 0 Å². The summed E-state index contributed by atoms with van der Waals surface area (Å²) in [4.78, 5) is 25.8. The summed E-state index contributed by atoms with van der Waals surface area (Å²) in [5.74, 6) is -0.394. The van der Waals surface area contributed by atoms with Crippen LogP contribution in [0.3, 0.4) is 0 Å². The molecule has 2 rings (SSSR count). The van der Waals surface area contributed by atoms with Crippen molar-refractivity contribution >= 4 is 39.1 Å². The van der Waals surface area contributed by atoms with Gasteiger partial charge in [0.2, 0.25) is 11.8 Å². The highest BCUT2D eigenvalue weighted by Crippen LogP contribution is 2.21. The number of hydrogen-bond acceptors (Lipinski definition) is 2. The highest BCUT2D eigenvalue weighted by molar-refractivity contribution is 9.10. The normalized spacial score (nSPS) is 10.4. The Kier molecular flexibility index (Phi) is 5.78. The van der Waals surface area contributed by atoms with Gasteiger partial charge in [-0.3, -0.25) is 9.59 Å². The van der Waals surface area contributed by atoms with Gasteiger partial charge in [-0.05, 0) is 67.8 Å². The average Bonchev–Trinajstić information content (AvgIpc) is 2.50. The highest BCUT2D eigenvalue weighted by atomic mass is 79.9. The number of hydrogen-bond donors (Lipinski definition) is 1. The Balaban J connectivity index is 2.16. The van der Waals surface area contributed by atoms with Crippen molar-refractivity contribution in [2.45, 2.75) is 27.7 Å². The van der Waals surface area contributed by atoms with Gasteiger partial charge < -0.3 is 10.2 Å². The monoisotopic (exact) mass is 388 g/mol. The first-order chi connectivity index (χ1) is 11.3. The average molecular weight is 389 g/mol. The SMILES string of the molecule is CC(=O)N(CC(=O)Nc1ccc(Br)cc1C)c1ccc(C)c(C)c1. The highest BCUT2D eigenvalue weighted by Gasteiger charge is 2.17. The lowest BCUT2D eigenvalue weighted by Crippen LogP contribution is -2.36. The van der Waals surface area contributed by atoms with Gasteiger partial charge in [0.05, 0.1) is 0 Å². The minimum Gasteiger partial charge on any atom is -0.324 e. The summed E-state index contributed by atoms with van der Waals surface area (Å²) >= 11 is 3.40. The van der Waals surface area contributed by atoms with Crippen LogP contribution < -0.4 is 10.2 Å². The molecule has 0 aliphatic heterocycles. The van der Waals surface area contributed by atoms with Crippen LogP contribution in [0.15, 0.2) is 40.9 Å². The van der Waals surface area contributed by atoms with E-state index in [2.05, 4.69) is 21.2 Å². The minimum atomic E-state index is -0.228. The third-order valence-corrected chi connectivity index (χ3v) is 4.44. The van der Waals surface area contributed by atoms with E-state index in [1.165, 1.54) is 11.8 Å². The molecular weight excluding hydrogens is 368 g/mol. The molecule has 2 aromatic carbocycles. The van der Waals surface area contributed by atoms with E-state index in [0.717, 1.165) is 32.5 Å². The molecule has 2 aromatic rings. The molecule has 0 radical (unpaired) electrons. The number of benzene rings is 2. The van der Waals surface area contributed by atoms with Crippen LogP contribution in [0, 0.1) is 20.8 Å². The van der Waals surface area contributed by atoms with Crippen molar-refractivity contribution in [2.24, 2.45) is 0 Å². The lowest BCUT2D eigenvalue weighted by atomic mass is 10.1. The quantitative estimate of drug-likeness (QED) is 0.845. The summed E-state index contributed by atoms with van der Waals surface area (Å²) in [7, 11) is 0. The van der Waals surface area contributed by atoms with Crippen LogP contribution in [0.5, 0.6) is 0 Å². The van der Waals surface area contributed by atoms with Gasteiger partial charge in [0.25, 0.3) is 0 Å². The minimum absolute atomic E-state index is 0.0205. The number of carbonyl (C=O) groups is 2. The Bertz CT molecular complexity index is 787. The Morgan fingerprint density at radius 1 is 1.00 bits per heavy atom. The Morgan fingerprint density at radius 3 is 2.29 bits per heavy atom. The van der Waals surface area contributed by atoms with Crippen LogP contribution >= 0.6 is 15.9 Å². The van der Waals surface area contributed by atoms with E-state index < -0.39 is 0 Å². The predicted molar refractivity (Wildman–Crippen MR) is 101 cm³/mol. The zero-order chi connectivity index (χ0) is 17.9. The van der Waals surface area contributed by atoms with Crippen LogP contribution in [0.4, 0.5) is 11.4 Å². The van der Waals surface area contributed by atoms with Crippen LogP contribution in [-0.2, 0) is 9.59 Å². The maximum atomic E-state index is 12.4. The van der Waals surface area contributed by atoms with Gasteiger partial charge in [0.15, 0.2) is 0 Å². The van der Waals surface area contributed by atoms with Gasteiger partial charge >= 0.3 is 0 Å². The van der Waals surface area contributed by atoms with Crippen LogP contribution in [0.1, 0.15) is 23.6 Å². The van der Waals surface area contributed by atoms with Crippen LogP contribution in [-0.4, -0.2) is 18.4 Å². The molecule has 0 spiro atoms. The first kappa shape index (κ1) is 18.2. The third kappa shape index (κ3) is 4.45. The molecule has 126 valence electrons. The molecular formula is C19H21BrN2O2. The maximum absolute atomic E-state index is 12.4. The van der Waals surface area contributed by atoms with Crippen molar-refractivity contribution in [2.75, 3.05) is 16.8 Å². The number of anilines is 2. The fourth-order valence-corrected chi connectivity index (χ4v) is 2.85. The van der Waals surface area contributed by atoms with E-state index in [1.54, 1.807) is 0 Å². The Labute approximate surface area is 151 Å². The summed E-state index contributed by atoms with van der Waals surface area (Å²) in [5, 5.41) is 2.86. The smallest absolute Gasteiger partial charge is 0.244 e. The number of aryl methyl sites for hydroxylation is 3. The summed E-state index contributed by atoms with van der Waals surface area (Å²) in [6.07, 6.45) is 0. The molecule has 0 bridgehead atoms. The number of halogens is 1. The molecule has 1 N–H and O–H groups in total.